The maximum absolute atomic E-state index is 5.71. The van der Waals surface area contributed by atoms with Crippen molar-refractivity contribution in [1.82, 2.24) is 0 Å². The summed E-state index contributed by atoms with van der Waals surface area (Å²) in [6.07, 6.45) is 2.12. The van der Waals surface area contributed by atoms with E-state index in [1.807, 2.05) is 0 Å². The minimum Gasteiger partial charge on any atom is -0.413 e. The largest absolute Gasteiger partial charge is 0.413 e. The van der Waals surface area contributed by atoms with Crippen LogP contribution in [-0.2, 0) is 4.43 Å². The zero-order valence-corrected chi connectivity index (χ0v) is 10.4. The third-order valence-corrected chi connectivity index (χ3v) is 6.93. The molecule has 0 fully saturated rings. The second-order valence-corrected chi connectivity index (χ2v) is 9.24. The van der Waals surface area contributed by atoms with Crippen LogP contribution in [0.4, 0.5) is 0 Å². The van der Waals surface area contributed by atoms with E-state index in [1.54, 1.807) is 0 Å². The van der Waals surface area contributed by atoms with Crippen molar-refractivity contribution in [1.29, 1.82) is 0 Å². The van der Waals surface area contributed by atoms with Crippen molar-refractivity contribution in [3.8, 4) is 0 Å². The molecule has 66 valence electrons. The van der Waals surface area contributed by atoms with Gasteiger partial charge in [0.15, 0.2) is 8.32 Å². The molecule has 0 saturated heterocycles. The third kappa shape index (κ3) is 6.78. The summed E-state index contributed by atoms with van der Waals surface area (Å²) in [7, 11) is -1.37. The van der Waals surface area contributed by atoms with E-state index in [-0.39, 0.29) is 0 Å². The molecule has 0 amide bonds. The van der Waals surface area contributed by atoms with Crippen molar-refractivity contribution >= 4 is 24.2 Å². The molecule has 0 aromatic heterocycles. The highest BCUT2D eigenvalue weighted by molar-refractivity contribution is 9.09. The number of alkyl halides is 1. The van der Waals surface area contributed by atoms with E-state index in [9.17, 15) is 0 Å². The van der Waals surface area contributed by atoms with Crippen LogP contribution in [0.1, 0.15) is 13.8 Å². The first-order chi connectivity index (χ1) is 4.98. The van der Waals surface area contributed by atoms with Crippen LogP contribution >= 0.6 is 15.9 Å². The first kappa shape index (κ1) is 11.4. The maximum atomic E-state index is 5.71. The summed E-state index contributed by atoms with van der Waals surface area (Å²) in [6.45, 7) is 9.37. The number of halogens is 1. The molecule has 0 atom stereocenters. The Morgan fingerprint density at radius 3 is 2.36 bits per heavy atom. The molecule has 0 aromatic carbocycles. The highest BCUT2D eigenvalue weighted by atomic mass is 79.9. The van der Waals surface area contributed by atoms with Gasteiger partial charge >= 0.3 is 0 Å². The third-order valence-electron chi connectivity index (χ3n) is 1.29. The first-order valence-corrected chi connectivity index (χ1v) is 8.05. The number of allylic oxidation sites excluding steroid dienone is 1. The summed E-state index contributed by atoms with van der Waals surface area (Å²) in [5.41, 5.74) is 1.32. The lowest BCUT2D eigenvalue weighted by Gasteiger charge is -2.18. The van der Waals surface area contributed by atoms with Crippen molar-refractivity contribution < 1.29 is 4.43 Å². The average molecular weight is 237 g/mol. The first-order valence-electron chi connectivity index (χ1n) is 3.81. The molecule has 3 heteroatoms. The van der Waals surface area contributed by atoms with Crippen LogP contribution < -0.4 is 0 Å². The van der Waals surface area contributed by atoms with E-state index < -0.39 is 8.32 Å². The lowest BCUT2D eigenvalue weighted by atomic mass is 10.3. The van der Waals surface area contributed by atoms with Crippen LogP contribution in [0.2, 0.25) is 13.1 Å². The zero-order valence-electron chi connectivity index (χ0n) is 7.78. The van der Waals surface area contributed by atoms with Gasteiger partial charge in [-0.2, -0.15) is 0 Å². The van der Waals surface area contributed by atoms with Crippen LogP contribution in [0.15, 0.2) is 11.6 Å². The molecule has 0 saturated carbocycles. The van der Waals surface area contributed by atoms with E-state index in [0.717, 1.165) is 11.6 Å². The Labute approximate surface area is 79.1 Å². The molecule has 0 rings (SSSR count). The SMILES string of the molecule is CC(C)=CCO[Si](C)(C)CBr. The summed E-state index contributed by atoms with van der Waals surface area (Å²) >= 11 is 3.45. The Bertz CT molecular complexity index is 139. The van der Waals surface area contributed by atoms with Gasteiger partial charge < -0.3 is 4.43 Å². The molecule has 0 N–H and O–H groups in total. The smallest absolute Gasteiger partial charge is 0.197 e. The molecule has 0 aliphatic heterocycles. The molecule has 0 bridgehead atoms. The van der Waals surface area contributed by atoms with Crippen LogP contribution in [0.5, 0.6) is 0 Å². The minimum absolute atomic E-state index is 0.771. The van der Waals surface area contributed by atoms with Gasteiger partial charge in [0.25, 0.3) is 0 Å². The van der Waals surface area contributed by atoms with Crippen molar-refractivity contribution in [3.63, 3.8) is 0 Å². The Hall–Kier alpha value is 0.397. The molecule has 0 aliphatic rings. The van der Waals surface area contributed by atoms with E-state index >= 15 is 0 Å². The molecule has 0 spiro atoms. The predicted molar refractivity (Wildman–Crippen MR) is 56.7 cm³/mol. The van der Waals surface area contributed by atoms with Crippen molar-refractivity contribution in [3.05, 3.63) is 11.6 Å². The highest BCUT2D eigenvalue weighted by Crippen LogP contribution is 2.07. The Kier molecular flexibility index (Phi) is 5.30. The summed E-state index contributed by atoms with van der Waals surface area (Å²) in [5, 5.41) is 0. The monoisotopic (exact) mass is 236 g/mol. The standard InChI is InChI=1S/C8H17BrOSi/c1-8(2)5-6-10-11(3,4)7-9/h5H,6-7H2,1-4H3. The van der Waals surface area contributed by atoms with E-state index in [2.05, 4.69) is 48.9 Å². The number of hydrogen-bond acceptors (Lipinski definition) is 1. The fraction of sp³-hybridized carbons (Fsp3) is 0.750. The second-order valence-electron chi connectivity index (χ2n) is 3.49. The molecule has 0 radical (unpaired) electrons. The molecule has 0 aromatic rings. The average Bonchev–Trinajstić information content (AvgIpc) is 1.87. The summed E-state index contributed by atoms with van der Waals surface area (Å²) < 4.78 is 5.71. The lowest BCUT2D eigenvalue weighted by Crippen LogP contribution is -2.32. The lowest BCUT2D eigenvalue weighted by molar-refractivity contribution is 0.356. The Balaban J connectivity index is 3.62. The molecule has 1 nitrogen and oxygen atoms in total. The molecular weight excluding hydrogens is 220 g/mol. The molecule has 0 heterocycles. The maximum Gasteiger partial charge on any atom is 0.197 e. The van der Waals surface area contributed by atoms with E-state index in [0.29, 0.717) is 0 Å². The van der Waals surface area contributed by atoms with Gasteiger partial charge in [0.2, 0.25) is 0 Å². The number of rotatable bonds is 4. The fourth-order valence-electron chi connectivity index (χ4n) is 0.473. The van der Waals surface area contributed by atoms with Crippen LogP contribution in [0.3, 0.4) is 0 Å². The molecule has 0 aliphatic carbocycles. The van der Waals surface area contributed by atoms with Gasteiger partial charge in [-0.05, 0) is 26.9 Å². The van der Waals surface area contributed by atoms with Crippen LogP contribution in [0, 0.1) is 0 Å². The number of hydrogen-bond donors (Lipinski definition) is 0. The normalized spacial score (nSPS) is 11.4. The Morgan fingerprint density at radius 2 is 2.00 bits per heavy atom. The van der Waals surface area contributed by atoms with Crippen molar-refractivity contribution in [2.24, 2.45) is 0 Å². The highest BCUT2D eigenvalue weighted by Gasteiger charge is 2.19. The van der Waals surface area contributed by atoms with Gasteiger partial charge in [-0.15, -0.1) is 0 Å². The second kappa shape index (κ2) is 5.12. The minimum atomic E-state index is -1.37. The van der Waals surface area contributed by atoms with E-state index in [1.165, 1.54) is 5.57 Å². The van der Waals surface area contributed by atoms with Gasteiger partial charge in [0.05, 0.1) is 6.61 Å². The predicted octanol–water partition coefficient (Wildman–Crippen LogP) is 3.11. The van der Waals surface area contributed by atoms with Gasteiger partial charge in [-0.3, -0.25) is 0 Å². The summed E-state index contributed by atoms with van der Waals surface area (Å²) in [5.74, 6) is 0. The van der Waals surface area contributed by atoms with Gasteiger partial charge in [0, 0.05) is 4.95 Å². The van der Waals surface area contributed by atoms with Crippen molar-refractivity contribution in [2.45, 2.75) is 26.9 Å². The Morgan fingerprint density at radius 1 is 1.45 bits per heavy atom. The van der Waals surface area contributed by atoms with Crippen LogP contribution in [0.25, 0.3) is 0 Å². The molecule has 0 unspecified atom stereocenters. The topological polar surface area (TPSA) is 9.23 Å². The van der Waals surface area contributed by atoms with Gasteiger partial charge in [-0.1, -0.05) is 27.6 Å². The van der Waals surface area contributed by atoms with Crippen molar-refractivity contribution in [2.75, 3.05) is 11.6 Å². The summed E-state index contributed by atoms with van der Waals surface area (Å²) in [4.78, 5) is 1.01. The van der Waals surface area contributed by atoms with Gasteiger partial charge in [0.1, 0.15) is 0 Å². The van der Waals surface area contributed by atoms with Crippen LogP contribution in [-0.4, -0.2) is 19.9 Å². The zero-order chi connectivity index (χ0) is 8.91. The van der Waals surface area contributed by atoms with E-state index in [4.69, 9.17) is 4.43 Å². The molecule has 11 heavy (non-hydrogen) atoms. The quantitative estimate of drug-likeness (QED) is 0.414. The summed E-state index contributed by atoms with van der Waals surface area (Å²) in [6, 6.07) is 0. The van der Waals surface area contributed by atoms with Gasteiger partial charge in [-0.25, -0.2) is 0 Å². The fourth-order valence-corrected chi connectivity index (χ4v) is 1.57. The molecular formula is C8H17BrOSi.